The molecule has 4 heteroatoms. The maximum atomic E-state index is 12.5. The molecule has 0 bridgehead atoms. The fraction of sp³-hybridized carbons (Fsp3) is 0.706. The molecule has 0 N–H and O–H groups in total. The molecule has 2 fully saturated rings. The van der Waals surface area contributed by atoms with Gasteiger partial charge in [-0.05, 0) is 30.7 Å². The summed E-state index contributed by atoms with van der Waals surface area (Å²) < 4.78 is 0. The molecule has 2 aliphatic rings. The number of rotatable bonds is 4. The lowest BCUT2D eigenvalue weighted by Gasteiger charge is -2.37. The summed E-state index contributed by atoms with van der Waals surface area (Å²) in [5.41, 5.74) is 0. The van der Waals surface area contributed by atoms with Gasteiger partial charge in [0.2, 0.25) is 5.91 Å². The molecular formula is C17H26N2OS. The van der Waals surface area contributed by atoms with Crippen molar-refractivity contribution >= 4 is 17.2 Å². The van der Waals surface area contributed by atoms with Crippen molar-refractivity contribution in [2.24, 2.45) is 5.92 Å². The van der Waals surface area contributed by atoms with Gasteiger partial charge in [0.15, 0.2) is 0 Å². The molecule has 1 saturated carbocycles. The Morgan fingerprint density at radius 3 is 2.57 bits per heavy atom. The number of thiophene rings is 1. The van der Waals surface area contributed by atoms with Gasteiger partial charge < -0.3 is 4.90 Å². The molecule has 21 heavy (non-hydrogen) atoms. The summed E-state index contributed by atoms with van der Waals surface area (Å²) in [4.78, 5) is 18.6. The average Bonchev–Trinajstić information content (AvgIpc) is 3.07. The molecular weight excluding hydrogens is 280 g/mol. The summed E-state index contributed by atoms with van der Waals surface area (Å²) in [5, 5.41) is 2.15. The van der Waals surface area contributed by atoms with E-state index in [1.165, 1.54) is 24.1 Å². The maximum absolute atomic E-state index is 12.5. The molecule has 0 aromatic carbocycles. The van der Waals surface area contributed by atoms with Crippen LogP contribution in [0.25, 0.3) is 0 Å². The van der Waals surface area contributed by atoms with E-state index in [-0.39, 0.29) is 0 Å². The Morgan fingerprint density at radius 1 is 1.14 bits per heavy atom. The Balaban J connectivity index is 1.41. The number of piperazine rings is 1. The lowest BCUT2D eigenvalue weighted by atomic mass is 9.88. The highest BCUT2D eigenvalue weighted by molar-refractivity contribution is 7.09. The predicted molar refractivity (Wildman–Crippen MR) is 87.6 cm³/mol. The molecule has 0 atom stereocenters. The van der Waals surface area contributed by atoms with Crippen molar-refractivity contribution in [1.29, 1.82) is 0 Å². The molecule has 0 unspecified atom stereocenters. The minimum atomic E-state index is 0.330. The SMILES string of the molecule is O=C(C1CCCCC1)N1CCN(CCc2cccs2)CC1. The Morgan fingerprint density at radius 2 is 1.90 bits per heavy atom. The molecule has 1 saturated heterocycles. The van der Waals surface area contributed by atoms with Gasteiger partial charge in [0.1, 0.15) is 0 Å². The summed E-state index contributed by atoms with van der Waals surface area (Å²) in [6.45, 7) is 5.08. The zero-order chi connectivity index (χ0) is 14.5. The van der Waals surface area contributed by atoms with Crippen LogP contribution in [-0.4, -0.2) is 48.4 Å². The molecule has 116 valence electrons. The third-order valence-electron chi connectivity index (χ3n) is 4.89. The molecule has 1 aromatic rings. The summed E-state index contributed by atoms with van der Waals surface area (Å²) >= 11 is 1.84. The van der Waals surface area contributed by atoms with Crippen LogP contribution in [0.3, 0.4) is 0 Å². The summed E-state index contributed by atoms with van der Waals surface area (Å²) in [5.74, 6) is 0.768. The molecule has 2 heterocycles. The second kappa shape index (κ2) is 7.41. The van der Waals surface area contributed by atoms with Crippen molar-refractivity contribution < 1.29 is 4.79 Å². The minimum Gasteiger partial charge on any atom is -0.340 e. The first-order valence-electron chi connectivity index (χ1n) is 8.36. The number of nitrogens with zero attached hydrogens (tertiary/aromatic N) is 2. The van der Waals surface area contributed by atoms with E-state index in [9.17, 15) is 4.79 Å². The monoisotopic (exact) mass is 306 g/mol. The van der Waals surface area contributed by atoms with Crippen LogP contribution < -0.4 is 0 Å². The van der Waals surface area contributed by atoms with Crippen molar-refractivity contribution in [3.05, 3.63) is 22.4 Å². The normalized spacial score (nSPS) is 21.6. The van der Waals surface area contributed by atoms with Crippen LogP contribution in [0, 0.1) is 5.92 Å². The van der Waals surface area contributed by atoms with E-state index in [0.717, 1.165) is 52.0 Å². The van der Waals surface area contributed by atoms with Crippen molar-refractivity contribution in [3.8, 4) is 0 Å². The molecule has 0 spiro atoms. The van der Waals surface area contributed by atoms with Gasteiger partial charge >= 0.3 is 0 Å². The lowest BCUT2D eigenvalue weighted by molar-refractivity contribution is -0.138. The number of hydrogen-bond donors (Lipinski definition) is 0. The minimum absolute atomic E-state index is 0.330. The van der Waals surface area contributed by atoms with Gasteiger partial charge in [0.05, 0.1) is 0 Å². The second-order valence-corrected chi connectivity index (χ2v) is 7.36. The first-order chi connectivity index (χ1) is 10.3. The maximum Gasteiger partial charge on any atom is 0.225 e. The number of carbonyl (C=O) groups excluding carboxylic acids is 1. The Labute approximate surface area is 131 Å². The van der Waals surface area contributed by atoms with Crippen molar-refractivity contribution in [2.75, 3.05) is 32.7 Å². The first kappa shape index (κ1) is 15.0. The number of carbonyl (C=O) groups is 1. The van der Waals surface area contributed by atoms with E-state index in [1.54, 1.807) is 0 Å². The van der Waals surface area contributed by atoms with Gasteiger partial charge in [0, 0.05) is 43.5 Å². The summed E-state index contributed by atoms with van der Waals surface area (Å²) in [6.07, 6.45) is 7.21. The molecule has 3 rings (SSSR count). The topological polar surface area (TPSA) is 23.6 Å². The van der Waals surface area contributed by atoms with Crippen LogP contribution in [0.2, 0.25) is 0 Å². The standard InChI is InChI=1S/C17H26N2OS/c20-17(15-5-2-1-3-6-15)19-12-10-18(11-13-19)9-8-16-7-4-14-21-16/h4,7,14-15H,1-3,5-6,8-13H2. The third kappa shape index (κ3) is 4.07. The Kier molecular flexibility index (Phi) is 5.31. The van der Waals surface area contributed by atoms with E-state index >= 15 is 0 Å². The fourth-order valence-corrected chi connectivity index (χ4v) is 4.22. The highest BCUT2D eigenvalue weighted by atomic mass is 32.1. The second-order valence-electron chi connectivity index (χ2n) is 6.33. The largest absolute Gasteiger partial charge is 0.340 e. The molecule has 1 aromatic heterocycles. The molecule has 1 aliphatic carbocycles. The smallest absolute Gasteiger partial charge is 0.225 e. The Bertz CT molecular complexity index is 432. The van der Waals surface area contributed by atoms with E-state index in [2.05, 4.69) is 27.3 Å². The molecule has 3 nitrogen and oxygen atoms in total. The van der Waals surface area contributed by atoms with Gasteiger partial charge in [0.25, 0.3) is 0 Å². The van der Waals surface area contributed by atoms with Gasteiger partial charge in [-0.1, -0.05) is 25.3 Å². The summed E-state index contributed by atoms with van der Waals surface area (Å²) in [7, 11) is 0. The highest BCUT2D eigenvalue weighted by Crippen LogP contribution is 2.25. The van der Waals surface area contributed by atoms with Crippen molar-refractivity contribution in [1.82, 2.24) is 9.80 Å². The zero-order valence-corrected chi connectivity index (χ0v) is 13.6. The highest BCUT2D eigenvalue weighted by Gasteiger charge is 2.28. The van der Waals surface area contributed by atoms with Crippen LogP contribution >= 0.6 is 11.3 Å². The lowest BCUT2D eigenvalue weighted by Crippen LogP contribution is -2.50. The quantitative estimate of drug-likeness (QED) is 0.854. The van der Waals surface area contributed by atoms with Crippen LogP contribution in [0.4, 0.5) is 0 Å². The van der Waals surface area contributed by atoms with E-state index in [4.69, 9.17) is 0 Å². The summed E-state index contributed by atoms with van der Waals surface area (Å²) in [6, 6.07) is 4.34. The van der Waals surface area contributed by atoms with E-state index in [1.807, 2.05) is 11.3 Å². The predicted octanol–water partition coefficient (Wildman–Crippen LogP) is 3.02. The number of hydrogen-bond acceptors (Lipinski definition) is 3. The van der Waals surface area contributed by atoms with E-state index < -0.39 is 0 Å². The Hall–Kier alpha value is -0.870. The fourth-order valence-electron chi connectivity index (χ4n) is 3.52. The number of amides is 1. The van der Waals surface area contributed by atoms with Crippen LogP contribution in [0.1, 0.15) is 37.0 Å². The van der Waals surface area contributed by atoms with Gasteiger partial charge in [-0.3, -0.25) is 9.69 Å². The average molecular weight is 306 g/mol. The van der Waals surface area contributed by atoms with E-state index in [0.29, 0.717) is 11.8 Å². The molecule has 0 radical (unpaired) electrons. The van der Waals surface area contributed by atoms with Gasteiger partial charge in [-0.2, -0.15) is 0 Å². The third-order valence-corrected chi connectivity index (χ3v) is 5.83. The molecule has 1 amide bonds. The van der Waals surface area contributed by atoms with Crippen LogP contribution in [0.15, 0.2) is 17.5 Å². The zero-order valence-electron chi connectivity index (χ0n) is 12.8. The van der Waals surface area contributed by atoms with Crippen LogP contribution in [0.5, 0.6) is 0 Å². The van der Waals surface area contributed by atoms with Crippen LogP contribution in [-0.2, 0) is 11.2 Å². The van der Waals surface area contributed by atoms with Gasteiger partial charge in [-0.25, -0.2) is 0 Å². The van der Waals surface area contributed by atoms with Crippen molar-refractivity contribution in [2.45, 2.75) is 38.5 Å². The first-order valence-corrected chi connectivity index (χ1v) is 9.24. The van der Waals surface area contributed by atoms with Gasteiger partial charge in [-0.15, -0.1) is 11.3 Å². The van der Waals surface area contributed by atoms with Crippen molar-refractivity contribution in [3.63, 3.8) is 0 Å². The molecule has 1 aliphatic heterocycles.